The van der Waals surface area contributed by atoms with E-state index in [4.69, 9.17) is 9.47 Å². The summed E-state index contributed by atoms with van der Waals surface area (Å²) in [6.07, 6.45) is 0.527. The number of esters is 1. The highest BCUT2D eigenvalue weighted by Crippen LogP contribution is 2.58. The van der Waals surface area contributed by atoms with Gasteiger partial charge in [0.25, 0.3) is 0 Å². The summed E-state index contributed by atoms with van der Waals surface area (Å²) in [5.74, 6) is -0.652. The minimum absolute atomic E-state index is 0.304. The summed E-state index contributed by atoms with van der Waals surface area (Å²) >= 11 is 0. The molecule has 0 bridgehead atoms. The van der Waals surface area contributed by atoms with Crippen molar-refractivity contribution >= 4 is 5.97 Å². The highest BCUT2D eigenvalue weighted by Gasteiger charge is 2.72. The number of rotatable bonds is 4. The van der Waals surface area contributed by atoms with Gasteiger partial charge in [0.15, 0.2) is 5.60 Å². The van der Waals surface area contributed by atoms with Gasteiger partial charge in [-0.05, 0) is 38.0 Å². The maximum Gasteiger partial charge on any atom is 0.341 e. The van der Waals surface area contributed by atoms with Gasteiger partial charge in [0.1, 0.15) is 11.4 Å². The van der Waals surface area contributed by atoms with Crippen molar-refractivity contribution in [2.75, 3.05) is 6.61 Å². The number of ether oxygens (including phenoxy) is 2. The molecule has 0 aromatic heterocycles. The Morgan fingerprint density at radius 1 is 1.33 bits per heavy atom. The average molecular weight is 252 g/mol. The molecule has 0 spiro atoms. The summed E-state index contributed by atoms with van der Waals surface area (Å²) in [6.45, 7) is 5.80. The van der Waals surface area contributed by atoms with Gasteiger partial charge in [-0.3, -0.25) is 0 Å². The molecule has 2 unspecified atom stereocenters. The molecule has 98 valence electrons. The number of carbonyl (C=O) groups excluding carboxylic acids is 1. The quantitative estimate of drug-likeness (QED) is 0.611. The van der Waals surface area contributed by atoms with Crippen molar-refractivity contribution in [3.8, 4) is 0 Å². The van der Waals surface area contributed by atoms with Crippen LogP contribution in [0.3, 0.4) is 0 Å². The second-order valence-electron chi connectivity index (χ2n) is 4.54. The van der Waals surface area contributed by atoms with Crippen LogP contribution in [-0.2, 0) is 19.9 Å². The fraction of sp³-hybridized carbons (Fsp3) is 0.500. The van der Waals surface area contributed by atoms with Gasteiger partial charge in [0, 0.05) is 0 Å². The van der Waals surface area contributed by atoms with Crippen molar-refractivity contribution in [3.05, 3.63) is 35.6 Å². The Kier molecular flexibility index (Phi) is 3.15. The van der Waals surface area contributed by atoms with Crippen LogP contribution in [0.15, 0.2) is 24.3 Å². The lowest BCUT2D eigenvalue weighted by Gasteiger charge is -2.14. The van der Waals surface area contributed by atoms with Crippen LogP contribution in [0.5, 0.6) is 0 Å². The molecule has 1 aromatic carbocycles. The Morgan fingerprint density at radius 2 is 1.94 bits per heavy atom. The lowest BCUT2D eigenvalue weighted by Crippen LogP contribution is -2.32. The normalized spacial score (nSPS) is 30.0. The zero-order valence-electron chi connectivity index (χ0n) is 10.8. The molecular weight excluding hydrogens is 235 g/mol. The number of epoxide rings is 1. The van der Waals surface area contributed by atoms with Gasteiger partial charge in [-0.15, -0.1) is 0 Å². The van der Waals surface area contributed by atoms with Gasteiger partial charge in [-0.1, -0.05) is 19.1 Å². The third kappa shape index (κ3) is 1.72. The molecule has 2 atom stereocenters. The van der Waals surface area contributed by atoms with Crippen LogP contribution in [0, 0.1) is 5.82 Å². The molecule has 1 aromatic rings. The van der Waals surface area contributed by atoms with E-state index in [1.165, 1.54) is 12.1 Å². The molecule has 0 saturated carbocycles. The fourth-order valence-corrected chi connectivity index (χ4v) is 2.42. The summed E-state index contributed by atoms with van der Waals surface area (Å²) in [7, 11) is 0. The van der Waals surface area contributed by atoms with E-state index >= 15 is 0 Å². The zero-order valence-corrected chi connectivity index (χ0v) is 10.8. The van der Waals surface area contributed by atoms with Crippen LogP contribution in [-0.4, -0.2) is 18.2 Å². The largest absolute Gasteiger partial charge is 0.464 e. The highest BCUT2D eigenvalue weighted by molar-refractivity contribution is 5.85. The maximum atomic E-state index is 12.9. The molecule has 0 amide bonds. The Morgan fingerprint density at radius 3 is 2.44 bits per heavy atom. The SMILES string of the molecule is CCOC(=O)C1(CC)OC1(C)c1ccc(F)cc1. The Balaban J connectivity index is 2.29. The van der Waals surface area contributed by atoms with Crippen LogP contribution < -0.4 is 0 Å². The van der Waals surface area contributed by atoms with Crippen LogP contribution >= 0.6 is 0 Å². The molecular formula is C14H17FO3. The van der Waals surface area contributed by atoms with E-state index < -0.39 is 11.2 Å². The van der Waals surface area contributed by atoms with E-state index in [-0.39, 0.29) is 11.8 Å². The van der Waals surface area contributed by atoms with E-state index in [2.05, 4.69) is 0 Å². The summed E-state index contributed by atoms with van der Waals surface area (Å²) < 4.78 is 23.7. The number of hydrogen-bond donors (Lipinski definition) is 0. The van der Waals surface area contributed by atoms with E-state index in [0.29, 0.717) is 13.0 Å². The molecule has 1 aliphatic rings. The van der Waals surface area contributed by atoms with Crippen LogP contribution in [0.25, 0.3) is 0 Å². The predicted molar refractivity (Wildman–Crippen MR) is 64.5 cm³/mol. The molecule has 2 rings (SSSR count). The van der Waals surface area contributed by atoms with Crippen molar-refractivity contribution in [3.63, 3.8) is 0 Å². The second-order valence-corrected chi connectivity index (χ2v) is 4.54. The molecule has 3 nitrogen and oxygen atoms in total. The number of benzene rings is 1. The Bertz CT molecular complexity index is 457. The monoisotopic (exact) mass is 252 g/mol. The summed E-state index contributed by atoms with van der Waals surface area (Å²) in [5, 5.41) is 0. The van der Waals surface area contributed by atoms with Gasteiger partial charge in [0.05, 0.1) is 6.61 Å². The predicted octanol–water partition coefficient (Wildman–Crippen LogP) is 2.78. The number of carbonyl (C=O) groups is 1. The first-order valence-electron chi connectivity index (χ1n) is 6.13. The molecule has 18 heavy (non-hydrogen) atoms. The van der Waals surface area contributed by atoms with E-state index in [9.17, 15) is 9.18 Å². The third-order valence-corrected chi connectivity index (χ3v) is 3.61. The van der Waals surface area contributed by atoms with Gasteiger partial charge >= 0.3 is 5.97 Å². The average Bonchev–Trinajstić information content (AvgIpc) is 2.99. The molecule has 0 N–H and O–H groups in total. The van der Waals surface area contributed by atoms with Crippen molar-refractivity contribution in [2.24, 2.45) is 0 Å². The highest BCUT2D eigenvalue weighted by atomic mass is 19.1. The Hall–Kier alpha value is -1.42. The van der Waals surface area contributed by atoms with Crippen molar-refractivity contribution in [1.29, 1.82) is 0 Å². The van der Waals surface area contributed by atoms with Crippen molar-refractivity contribution in [1.82, 2.24) is 0 Å². The molecule has 1 aliphatic heterocycles. The fourth-order valence-electron chi connectivity index (χ4n) is 2.42. The first kappa shape index (κ1) is 13.0. The van der Waals surface area contributed by atoms with E-state index in [0.717, 1.165) is 5.56 Å². The molecule has 4 heteroatoms. The number of halogens is 1. The summed E-state index contributed by atoms with van der Waals surface area (Å²) in [6, 6.07) is 6.03. The zero-order chi connectivity index (χ0) is 13.4. The number of hydrogen-bond acceptors (Lipinski definition) is 3. The van der Waals surface area contributed by atoms with Gasteiger partial charge in [-0.25, -0.2) is 9.18 Å². The molecule has 0 aliphatic carbocycles. The molecule has 1 fully saturated rings. The van der Waals surface area contributed by atoms with Crippen molar-refractivity contribution < 1.29 is 18.7 Å². The lowest BCUT2D eigenvalue weighted by molar-refractivity contribution is -0.149. The maximum absolute atomic E-state index is 12.9. The molecule has 1 heterocycles. The minimum Gasteiger partial charge on any atom is -0.464 e. The van der Waals surface area contributed by atoms with Crippen molar-refractivity contribution in [2.45, 2.75) is 38.4 Å². The smallest absolute Gasteiger partial charge is 0.341 e. The first-order valence-corrected chi connectivity index (χ1v) is 6.13. The van der Waals surface area contributed by atoms with Crippen LogP contribution in [0.1, 0.15) is 32.8 Å². The standard InChI is InChI=1S/C14H17FO3/c1-4-14(12(16)17-5-2)13(3,18-14)10-6-8-11(15)9-7-10/h6-9H,4-5H2,1-3H3. The second kappa shape index (κ2) is 4.35. The Labute approximate surface area is 106 Å². The summed E-state index contributed by atoms with van der Waals surface area (Å²) in [5.41, 5.74) is -0.860. The molecule has 0 radical (unpaired) electrons. The van der Waals surface area contributed by atoms with E-state index in [1.54, 1.807) is 19.1 Å². The molecule has 1 saturated heterocycles. The first-order chi connectivity index (χ1) is 8.50. The third-order valence-electron chi connectivity index (χ3n) is 3.61. The minimum atomic E-state index is -0.930. The van der Waals surface area contributed by atoms with Crippen LogP contribution in [0.2, 0.25) is 0 Å². The van der Waals surface area contributed by atoms with E-state index in [1.807, 2.05) is 13.8 Å². The summed E-state index contributed by atoms with van der Waals surface area (Å²) in [4.78, 5) is 12.0. The van der Waals surface area contributed by atoms with Gasteiger partial charge < -0.3 is 9.47 Å². The van der Waals surface area contributed by atoms with Gasteiger partial charge in [-0.2, -0.15) is 0 Å². The van der Waals surface area contributed by atoms with Crippen LogP contribution in [0.4, 0.5) is 4.39 Å². The lowest BCUT2D eigenvalue weighted by atomic mass is 9.86. The topological polar surface area (TPSA) is 38.8 Å². The van der Waals surface area contributed by atoms with Gasteiger partial charge in [0.2, 0.25) is 0 Å².